The highest BCUT2D eigenvalue weighted by Gasteiger charge is 2.27. The molecule has 240 valence electrons. The molecule has 2 unspecified atom stereocenters. The number of nitrogens with zero attached hydrogens (tertiary/aromatic N) is 2. The molecule has 1 saturated heterocycles. The second-order valence-electron chi connectivity index (χ2n) is 10.9. The predicted octanol–water partition coefficient (Wildman–Crippen LogP) is 3.16. The molecule has 2 atom stereocenters. The minimum atomic E-state index is -0.913. The molecular weight excluding hydrogens is 623 g/mol. The molecule has 2 aromatic carbocycles. The SMILES string of the molecule is CCC(=O)NC(Cc1ccc(C(=N)N2CCSCC2)cc1)C(=O)NCC(=O)NC(Cc1c[nH]c2ccccc12)C(=O)c1nccs1. The Bertz CT molecular complexity index is 1680. The number of fused-ring (bicyclic) bond motifs is 1. The van der Waals surface area contributed by atoms with Crippen LogP contribution >= 0.6 is 23.1 Å². The van der Waals surface area contributed by atoms with Crippen molar-refractivity contribution in [2.24, 2.45) is 0 Å². The van der Waals surface area contributed by atoms with E-state index in [1.54, 1.807) is 18.5 Å². The van der Waals surface area contributed by atoms with Crippen LogP contribution in [0, 0.1) is 5.41 Å². The average molecular weight is 660 g/mol. The number of Topliss-reactive ketones (excluding diaryl/α,β-unsaturated/α-hetero) is 1. The van der Waals surface area contributed by atoms with Crippen molar-refractivity contribution in [1.29, 1.82) is 5.41 Å². The lowest BCUT2D eigenvalue weighted by atomic mass is 10.0. The third kappa shape index (κ3) is 8.40. The molecule has 5 rings (SSSR count). The average Bonchev–Trinajstić information content (AvgIpc) is 3.78. The Morgan fingerprint density at radius 1 is 0.978 bits per heavy atom. The van der Waals surface area contributed by atoms with E-state index < -0.39 is 23.9 Å². The molecule has 0 radical (unpaired) electrons. The lowest BCUT2D eigenvalue weighted by Gasteiger charge is -2.28. The Morgan fingerprint density at radius 2 is 1.72 bits per heavy atom. The molecule has 0 aliphatic carbocycles. The fourth-order valence-corrected chi connectivity index (χ4v) is 6.80. The number of amidine groups is 1. The topological polar surface area (TPSA) is 160 Å². The van der Waals surface area contributed by atoms with Crippen LogP contribution in [0.1, 0.15) is 39.8 Å². The Labute approximate surface area is 275 Å². The van der Waals surface area contributed by atoms with Crippen LogP contribution < -0.4 is 16.0 Å². The zero-order valence-corrected chi connectivity index (χ0v) is 27.1. The molecule has 1 aliphatic heterocycles. The maximum absolute atomic E-state index is 13.3. The Hall–Kier alpha value is -4.49. The van der Waals surface area contributed by atoms with E-state index in [9.17, 15) is 19.2 Å². The Morgan fingerprint density at radius 3 is 2.43 bits per heavy atom. The van der Waals surface area contributed by atoms with Gasteiger partial charge in [0.2, 0.25) is 23.5 Å². The van der Waals surface area contributed by atoms with Crippen molar-refractivity contribution >= 4 is 63.3 Å². The van der Waals surface area contributed by atoms with E-state index in [-0.39, 0.29) is 42.5 Å². The first-order valence-corrected chi connectivity index (χ1v) is 17.2. The maximum atomic E-state index is 13.3. The number of aromatic nitrogens is 2. The van der Waals surface area contributed by atoms with Crippen LogP contribution in [0.5, 0.6) is 0 Å². The molecule has 1 fully saturated rings. The van der Waals surface area contributed by atoms with E-state index in [1.807, 2.05) is 66.5 Å². The van der Waals surface area contributed by atoms with Crippen LogP contribution in [-0.2, 0) is 27.2 Å². The molecule has 0 spiro atoms. The monoisotopic (exact) mass is 659 g/mol. The highest BCUT2D eigenvalue weighted by atomic mass is 32.2. The number of nitrogens with one attached hydrogen (secondary N) is 5. The molecule has 3 amide bonds. The summed E-state index contributed by atoms with van der Waals surface area (Å²) in [4.78, 5) is 61.4. The summed E-state index contributed by atoms with van der Waals surface area (Å²) < 4.78 is 0. The summed E-state index contributed by atoms with van der Waals surface area (Å²) in [5.74, 6) is 0.811. The van der Waals surface area contributed by atoms with Crippen LogP contribution in [0.4, 0.5) is 0 Å². The second kappa shape index (κ2) is 15.7. The summed E-state index contributed by atoms with van der Waals surface area (Å²) in [5, 5.41) is 19.7. The normalized spacial score (nSPS) is 14.3. The van der Waals surface area contributed by atoms with Gasteiger partial charge in [-0.1, -0.05) is 49.4 Å². The van der Waals surface area contributed by atoms with Crippen molar-refractivity contribution in [2.75, 3.05) is 31.1 Å². The van der Waals surface area contributed by atoms with E-state index >= 15 is 0 Å². The summed E-state index contributed by atoms with van der Waals surface area (Å²) in [6, 6.07) is 13.3. The van der Waals surface area contributed by atoms with Crippen molar-refractivity contribution < 1.29 is 19.2 Å². The van der Waals surface area contributed by atoms with E-state index in [2.05, 4.69) is 30.8 Å². The van der Waals surface area contributed by atoms with Gasteiger partial charge in [-0.25, -0.2) is 4.98 Å². The lowest BCUT2D eigenvalue weighted by Crippen LogP contribution is -2.51. The van der Waals surface area contributed by atoms with E-state index in [0.717, 1.165) is 52.2 Å². The number of thiazole rings is 1. The largest absolute Gasteiger partial charge is 0.361 e. The van der Waals surface area contributed by atoms with Crippen molar-refractivity contribution in [2.45, 2.75) is 38.3 Å². The predicted molar refractivity (Wildman–Crippen MR) is 181 cm³/mol. The number of thioether (sulfide) groups is 1. The number of amides is 3. The van der Waals surface area contributed by atoms with Crippen LogP contribution in [-0.4, -0.2) is 87.4 Å². The molecule has 4 aromatic rings. The zero-order chi connectivity index (χ0) is 32.5. The summed E-state index contributed by atoms with van der Waals surface area (Å²) in [5.41, 5.74) is 3.39. The molecule has 46 heavy (non-hydrogen) atoms. The maximum Gasteiger partial charge on any atom is 0.243 e. The minimum Gasteiger partial charge on any atom is -0.361 e. The van der Waals surface area contributed by atoms with Gasteiger partial charge < -0.3 is 25.8 Å². The number of benzene rings is 2. The quantitative estimate of drug-likeness (QED) is 0.0838. The van der Waals surface area contributed by atoms with Gasteiger partial charge in [-0.05, 0) is 17.2 Å². The van der Waals surface area contributed by atoms with Gasteiger partial charge >= 0.3 is 0 Å². The Kier molecular flexibility index (Phi) is 11.2. The van der Waals surface area contributed by atoms with E-state index in [4.69, 9.17) is 5.41 Å². The van der Waals surface area contributed by atoms with Gasteiger partial charge in [-0.15, -0.1) is 11.3 Å². The van der Waals surface area contributed by atoms with Crippen LogP contribution in [0.3, 0.4) is 0 Å². The number of para-hydroxylation sites is 1. The third-order valence-electron chi connectivity index (χ3n) is 7.78. The molecule has 5 N–H and O–H groups in total. The summed E-state index contributed by atoms with van der Waals surface area (Å²) in [7, 11) is 0. The van der Waals surface area contributed by atoms with E-state index in [0.29, 0.717) is 5.84 Å². The molecule has 3 heterocycles. The van der Waals surface area contributed by atoms with Gasteiger partial charge in [0.1, 0.15) is 11.9 Å². The fraction of sp³-hybridized carbons (Fsp3) is 0.333. The lowest BCUT2D eigenvalue weighted by molar-refractivity contribution is -0.130. The number of hydrogen-bond donors (Lipinski definition) is 5. The third-order valence-corrected chi connectivity index (χ3v) is 9.51. The number of ketones is 1. The first kappa shape index (κ1) is 32.9. The molecule has 11 nitrogen and oxygen atoms in total. The van der Waals surface area contributed by atoms with Gasteiger partial charge in [-0.2, -0.15) is 11.8 Å². The number of rotatable bonds is 13. The molecular formula is C33H37N7O4S2. The van der Waals surface area contributed by atoms with Gasteiger partial charge in [-0.3, -0.25) is 24.6 Å². The molecule has 1 aliphatic rings. The summed E-state index contributed by atoms with van der Waals surface area (Å²) in [6.07, 6.45) is 4.01. The zero-order valence-electron chi connectivity index (χ0n) is 25.5. The van der Waals surface area contributed by atoms with Crippen molar-refractivity contribution in [1.82, 2.24) is 30.8 Å². The highest BCUT2D eigenvalue weighted by Crippen LogP contribution is 2.21. The highest BCUT2D eigenvalue weighted by molar-refractivity contribution is 7.99. The minimum absolute atomic E-state index is 0.197. The van der Waals surface area contributed by atoms with Crippen LogP contribution in [0.25, 0.3) is 10.9 Å². The molecule has 2 aromatic heterocycles. The first-order chi connectivity index (χ1) is 22.3. The number of carbonyl (C=O) groups is 4. The molecule has 0 saturated carbocycles. The standard InChI is InChI=1S/C33H37N7O4S2/c1-2-28(41)39-27(17-21-7-9-22(10-8-21)31(34)40-12-15-45-16-13-40)32(44)37-20-29(42)38-26(30(43)33-35-11-14-46-33)18-23-19-36-25-6-4-3-5-24(23)25/h3-11,14,19,26-27,34,36H,2,12-13,15-18,20H2,1H3,(H,37,44)(H,38,42)(H,39,41). The van der Waals surface area contributed by atoms with Gasteiger partial charge in [0.05, 0.1) is 12.6 Å². The smallest absolute Gasteiger partial charge is 0.243 e. The van der Waals surface area contributed by atoms with Crippen LogP contribution in [0.2, 0.25) is 0 Å². The first-order valence-electron chi connectivity index (χ1n) is 15.2. The summed E-state index contributed by atoms with van der Waals surface area (Å²) in [6.45, 7) is 3.00. The van der Waals surface area contributed by atoms with Crippen molar-refractivity contribution in [3.63, 3.8) is 0 Å². The Balaban J connectivity index is 1.22. The number of H-pyrrole nitrogens is 1. The molecule has 13 heteroatoms. The number of carbonyl (C=O) groups excluding carboxylic acids is 4. The van der Waals surface area contributed by atoms with Crippen molar-refractivity contribution in [3.8, 4) is 0 Å². The van der Waals surface area contributed by atoms with Gasteiger partial charge in [0, 0.05) is 78.1 Å². The fourth-order valence-electron chi connectivity index (χ4n) is 5.27. The van der Waals surface area contributed by atoms with Crippen molar-refractivity contribution in [3.05, 3.63) is 88.0 Å². The van der Waals surface area contributed by atoms with Gasteiger partial charge in [0.15, 0.2) is 5.01 Å². The second-order valence-corrected chi connectivity index (χ2v) is 13.0. The van der Waals surface area contributed by atoms with Gasteiger partial charge in [0.25, 0.3) is 0 Å². The van der Waals surface area contributed by atoms with Crippen LogP contribution in [0.15, 0.2) is 66.3 Å². The summed E-state index contributed by atoms with van der Waals surface area (Å²) >= 11 is 3.08. The van der Waals surface area contributed by atoms with E-state index in [1.165, 1.54) is 11.3 Å². The number of aromatic amines is 1. The molecule has 0 bridgehead atoms. The number of hydrogen-bond acceptors (Lipinski definition) is 8.